The van der Waals surface area contributed by atoms with Crippen molar-refractivity contribution in [3.05, 3.63) is 46.6 Å². The van der Waals surface area contributed by atoms with Crippen LogP contribution in [-0.2, 0) is 6.54 Å². The molecule has 0 saturated carbocycles. The lowest BCUT2D eigenvalue weighted by molar-refractivity contribution is 0.662. The summed E-state index contributed by atoms with van der Waals surface area (Å²) in [5, 5.41) is 1.41. The fraction of sp³-hybridized carbons (Fsp3) is 0.235. The second-order valence-electron chi connectivity index (χ2n) is 5.35. The number of pyridine rings is 1. The Bertz CT molecular complexity index is 856. The first-order chi connectivity index (χ1) is 11.2. The van der Waals surface area contributed by atoms with Gasteiger partial charge in [0.2, 0.25) is 0 Å². The van der Waals surface area contributed by atoms with Gasteiger partial charge in [-0.25, -0.2) is 0 Å². The second-order valence-corrected chi connectivity index (χ2v) is 7.52. The van der Waals surface area contributed by atoms with E-state index < -0.39 is 0 Å². The maximum Gasteiger partial charge on any atom is 0.197 e. The van der Waals surface area contributed by atoms with E-state index in [1.54, 1.807) is 0 Å². The molecule has 0 unspecified atom stereocenters. The molecule has 0 saturated heterocycles. The largest absolute Gasteiger partial charge is 0.340 e. The molecule has 3 rings (SSSR count). The minimum Gasteiger partial charge on any atom is -0.340 e. The van der Waals surface area contributed by atoms with Gasteiger partial charge >= 0.3 is 0 Å². The Kier molecular flexibility index (Phi) is 5.47. The van der Waals surface area contributed by atoms with E-state index in [0.29, 0.717) is 10.8 Å². The third-order valence-electron chi connectivity index (χ3n) is 3.92. The zero-order chi connectivity index (χ0) is 16.4. The van der Waals surface area contributed by atoms with Crippen LogP contribution < -0.4 is 5.43 Å². The predicted molar refractivity (Wildman–Crippen MR) is 104 cm³/mol. The number of nitrogens with zero attached hydrogens (tertiary/aromatic N) is 1. The third-order valence-corrected chi connectivity index (χ3v) is 5.85. The lowest BCUT2D eigenvalue weighted by atomic mass is 10.1. The maximum absolute atomic E-state index is 12.9. The summed E-state index contributed by atoms with van der Waals surface area (Å²) in [7, 11) is 14.0. The van der Waals surface area contributed by atoms with Gasteiger partial charge in [-0.05, 0) is 86.1 Å². The van der Waals surface area contributed by atoms with Crippen LogP contribution in [-0.4, -0.2) is 4.57 Å². The maximum atomic E-state index is 12.9. The van der Waals surface area contributed by atoms with Crippen molar-refractivity contribution in [2.45, 2.75) is 36.1 Å². The van der Waals surface area contributed by atoms with Crippen molar-refractivity contribution in [1.82, 2.24) is 4.57 Å². The highest BCUT2D eigenvalue weighted by atomic mass is 35.7. The molecule has 120 valence electrons. The molecule has 0 aliphatic heterocycles. The van der Waals surface area contributed by atoms with Crippen LogP contribution in [0.15, 0.2) is 51.0 Å². The van der Waals surface area contributed by atoms with E-state index in [1.807, 2.05) is 36.4 Å². The molecule has 0 aliphatic carbocycles. The first kappa shape index (κ1) is 17.0. The van der Waals surface area contributed by atoms with Crippen molar-refractivity contribution in [3.8, 4) is 0 Å². The molecule has 1 heterocycles. The third kappa shape index (κ3) is 3.22. The first-order valence-corrected chi connectivity index (χ1v) is 10.7. The number of rotatable bonds is 5. The Morgan fingerprint density at radius 1 is 0.957 bits per heavy atom. The molecule has 1 aromatic heterocycles. The lowest BCUT2D eigenvalue weighted by Gasteiger charge is -2.15. The molecule has 0 amide bonds. The monoisotopic (exact) mass is 383 g/mol. The number of aromatic nitrogens is 1. The SMILES string of the molecule is CCCCn1c2ccc(SCl)cc2c(=O)c2cc(SCl)ccc21. The van der Waals surface area contributed by atoms with E-state index in [0.717, 1.165) is 62.2 Å². The van der Waals surface area contributed by atoms with Crippen molar-refractivity contribution in [2.75, 3.05) is 0 Å². The van der Waals surface area contributed by atoms with Crippen molar-refractivity contribution in [1.29, 1.82) is 0 Å². The first-order valence-electron chi connectivity index (χ1n) is 7.37. The van der Waals surface area contributed by atoms with E-state index in [2.05, 4.69) is 11.5 Å². The van der Waals surface area contributed by atoms with Crippen LogP contribution in [0.1, 0.15) is 19.8 Å². The van der Waals surface area contributed by atoms with E-state index in [9.17, 15) is 4.79 Å². The average Bonchev–Trinajstić information content (AvgIpc) is 2.61. The molecule has 6 heteroatoms. The van der Waals surface area contributed by atoms with Crippen molar-refractivity contribution < 1.29 is 0 Å². The summed E-state index contributed by atoms with van der Waals surface area (Å²) < 4.78 is 2.22. The van der Waals surface area contributed by atoms with Crippen molar-refractivity contribution in [2.24, 2.45) is 0 Å². The Morgan fingerprint density at radius 2 is 1.48 bits per heavy atom. The van der Waals surface area contributed by atoms with E-state index in [1.165, 1.54) is 0 Å². The highest BCUT2D eigenvalue weighted by Crippen LogP contribution is 2.29. The highest BCUT2D eigenvalue weighted by molar-refractivity contribution is 8.21. The number of hydrogen-bond acceptors (Lipinski definition) is 3. The van der Waals surface area contributed by atoms with Crippen LogP contribution in [0, 0.1) is 0 Å². The average molecular weight is 384 g/mol. The fourth-order valence-electron chi connectivity index (χ4n) is 2.79. The molecule has 2 aromatic carbocycles. The Balaban J connectivity index is 2.41. The fourth-order valence-corrected chi connectivity index (χ4v) is 3.93. The van der Waals surface area contributed by atoms with Crippen molar-refractivity contribution >= 4 is 65.1 Å². The molecule has 0 atom stereocenters. The summed E-state index contributed by atoms with van der Waals surface area (Å²) in [6.07, 6.45) is 2.16. The molecule has 23 heavy (non-hydrogen) atoms. The van der Waals surface area contributed by atoms with Gasteiger partial charge in [0, 0.05) is 27.1 Å². The van der Waals surface area contributed by atoms with E-state index >= 15 is 0 Å². The van der Waals surface area contributed by atoms with Crippen LogP contribution in [0.3, 0.4) is 0 Å². The van der Waals surface area contributed by atoms with Crippen molar-refractivity contribution in [3.63, 3.8) is 0 Å². The predicted octanol–water partition coefficient (Wildman–Crippen LogP) is 6.45. The summed E-state index contributed by atoms with van der Waals surface area (Å²) in [6.45, 7) is 3.04. The van der Waals surface area contributed by atoms with Crippen LogP contribution >= 0.6 is 43.3 Å². The standard InChI is InChI=1S/C17H15Cl2NOS2/c1-2-3-8-20-15-6-4-11(22-18)9-13(15)17(21)14-10-12(23-19)5-7-16(14)20/h4-7,9-10H,2-3,8H2,1H3. The minimum atomic E-state index is 0.0304. The minimum absolute atomic E-state index is 0.0304. The normalized spacial score (nSPS) is 11.4. The van der Waals surface area contributed by atoms with Gasteiger partial charge in [-0.15, -0.1) is 0 Å². The van der Waals surface area contributed by atoms with Crippen LogP contribution in [0.5, 0.6) is 0 Å². The van der Waals surface area contributed by atoms with Gasteiger partial charge in [-0.1, -0.05) is 13.3 Å². The molecule has 3 aromatic rings. The molecule has 2 nitrogen and oxygen atoms in total. The van der Waals surface area contributed by atoms with Gasteiger partial charge in [-0.2, -0.15) is 0 Å². The molecule has 0 aliphatic rings. The second kappa shape index (κ2) is 7.39. The van der Waals surface area contributed by atoms with Gasteiger partial charge in [0.1, 0.15) is 0 Å². The zero-order valence-corrected chi connectivity index (χ0v) is 15.7. The van der Waals surface area contributed by atoms with Crippen LogP contribution in [0.2, 0.25) is 0 Å². The van der Waals surface area contributed by atoms with E-state index in [4.69, 9.17) is 21.4 Å². The molecule has 0 radical (unpaired) electrons. The molecule has 0 N–H and O–H groups in total. The number of unbranched alkanes of at least 4 members (excludes halogenated alkanes) is 1. The molecule has 0 fully saturated rings. The Morgan fingerprint density at radius 3 is 1.91 bits per heavy atom. The lowest BCUT2D eigenvalue weighted by Crippen LogP contribution is -2.12. The summed E-state index contributed by atoms with van der Waals surface area (Å²) in [5.41, 5.74) is 1.94. The smallest absolute Gasteiger partial charge is 0.197 e. The number of benzene rings is 2. The Hall–Kier alpha value is -0.810. The number of hydrogen-bond donors (Lipinski definition) is 0. The molecule has 0 bridgehead atoms. The number of halogens is 2. The summed E-state index contributed by atoms with van der Waals surface area (Å²) in [6, 6.07) is 11.6. The van der Waals surface area contributed by atoms with Crippen LogP contribution in [0.25, 0.3) is 21.8 Å². The van der Waals surface area contributed by atoms with Gasteiger partial charge in [0.15, 0.2) is 5.43 Å². The topological polar surface area (TPSA) is 22.0 Å². The van der Waals surface area contributed by atoms with Gasteiger partial charge in [0.05, 0.1) is 11.0 Å². The quantitative estimate of drug-likeness (QED) is 0.472. The number of fused-ring (bicyclic) bond motifs is 2. The molecular weight excluding hydrogens is 369 g/mol. The summed E-state index contributed by atoms with van der Waals surface area (Å²) >= 11 is 0. The molecular formula is C17H15Cl2NOS2. The highest BCUT2D eigenvalue weighted by Gasteiger charge is 2.12. The zero-order valence-electron chi connectivity index (χ0n) is 12.5. The Labute approximate surface area is 152 Å². The van der Waals surface area contributed by atoms with Gasteiger partial charge in [-0.3, -0.25) is 4.79 Å². The molecule has 0 spiro atoms. The van der Waals surface area contributed by atoms with E-state index in [-0.39, 0.29) is 5.43 Å². The van der Waals surface area contributed by atoms with Gasteiger partial charge < -0.3 is 4.57 Å². The summed E-state index contributed by atoms with van der Waals surface area (Å²) in [4.78, 5) is 14.7. The summed E-state index contributed by atoms with van der Waals surface area (Å²) in [5.74, 6) is 0. The van der Waals surface area contributed by atoms with Crippen LogP contribution in [0.4, 0.5) is 0 Å². The van der Waals surface area contributed by atoms with Gasteiger partial charge in [0.25, 0.3) is 0 Å². The number of aryl methyl sites for hydroxylation is 1.